The average Bonchev–Trinajstić information content (AvgIpc) is 3.01. The number of rotatable bonds is 6. The SMILES string of the molecule is CCN(CC(=O)Nc1c(F)cccc1F)C(=O)Cc1cccs1. The number of benzene rings is 1. The van der Waals surface area contributed by atoms with E-state index in [1.54, 1.807) is 6.92 Å². The van der Waals surface area contributed by atoms with E-state index >= 15 is 0 Å². The number of likely N-dealkylation sites (N-methyl/N-ethyl adjacent to an activating group) is 1. The molecule has 1 aromatic heterocycles. The first-order valence-electron chi connectivity index (χ1n) is 7.05. The van der Waals surface area contributed by atoms with E-state index in [1.807, 2.05) is 17.5 Å². The van der Waals surface area contributed by atoms with Crippen LogP contribution in [0.25, 0.3) is 0 Å². The zero-order chi connectivity index (χ0) is 16.8. The molecule has 0 spiro atoms. The van der Waals surface area contributed by atoms with Crippen LogP contribution in [0.4, 0.5) is 14.5 Å². The number of anilines is 1. The first-order chi connectivity index (χ1) is 11.0. The Hall–Kier alpha value is -2.28. The number of nitrogens with zero attached hydrogens (tertiary/aromatic N) is 1. The number of amides is 2. The lowest BCUT2D eigenvalue weighted by Gasteiger charge is -2.20. The Morgan fingerprint density at radius 1 is 1.17 bits per heavy atom. The van der Waals surface area contributed by atoms with Crippen molar-refractivity contribution < 1.29 is 18.4 Å². The third-order valence-electron chi connectivity index (χ3n) is 3.20. The monoisotopic (exact) mass is 338 g/mol. The second-order valence-electron chi connectivity index (χ2n) is 4.81. The summed E-state index contributed by atoms with van der Waals surface area (Å²) in [5, 5.41) is 4.04. The van der Waals surface area contributed by atoms with Gasteiger partial charge in [0.2, 0.25) is 11.8 Å². The third kappa shape index (κ3) is 4.59. The van der Waals surface area contributed by atoms with Gasteiger partial charge in [0.05, 0.1) is 13.0 Å². The molecule has 0 aliphatic heterocycles. The average molecular weight is 338 g/mol. The maximum Gasteiger partial charge on any atom is 0.244 e. The summed E-state index contributed by atoms with van der Waals surface area (Å²) in [6.07, 6.45) is 0.201. The summed E-state index contributed by atoms with van der Waals surface area (Å²) < 4.78 is 27.0. The molecule has 0 unspecified atom stereocenters. The number of carbonyl (C=O) groups excluding carboxylic acids is 2. The van der Waals surface area contributed by atoms with Crippen molar-refractivity contribution in [1.29, 1.82) is 0 Å². The van der Waals surface area contributed by atoms with Gasteiger partial charge in [-0.2, -0.15) is 0 Å². The highest BCUT2D eigenvalue weighted by molar-refractivity contribution is 7.10. The minimum Gasteiger partial charge on any atom is -0.333 e. The molecule has 2 rings (SSSR count). The highest BCUT2D eigenvalue weighted by Gasteiger charge is 2.18. The minimum absolute atomic E-state index is 0.201. The van der Waals surface area contributed by atoms with Crippen molar-refractivity contribution in [3.8, 4) is 0 Å². The Bertz CT molecular complexity index is 669. The quantitative estimate of drug-likeness (QED) is 0.880. The fourth-order valence-corrected chi connectivity index (χ4v) is 2.72. The Morgan fingerprint density at radius 3 is 2.43 bits per heavy atom. The van der Waals surface area contributed by atoms with Crippen LogP contribution in [0.15, 0.2) is 35.7 Å². The van der Waals surface area contributed by atoms with E-state index in [0.29, 0.717) is 6.54 Å². The van der Waals surface area contributed by atoms with Gasteiger partial charge in [-0.25, -0.2) is 8.78 Å². The summed E-state index contributed by atoms with van der Waals surface area (Å²) in [6.45, 7) is 1.81. The number of thiophene rings is 1. The van der Waals surface area contributed by atoms with Crippen LogP contribution in [0, 0.1) is 11.6 Å². The molecule has 23 heavy (non-hydrogen) atoms. The van der Waals surface area contributed by atoms with Gasteiger partial charge < -0.3 is 10.2 Å². The second-order valence-corrected chi connectivity index (χ2v) is 5.84. The molecule has 0 atom stereocenters. The zero-order valence-corrected chi connectivity index (χ0v) is 13.3. The van der Waals surface area contributed by atoms with E-state index in [2.05, 4.69) is 5.32 Å². The van der Waals surface area contributed by atoms with Gasteiger partial charge >= 0.3 is 0 Å². The van der Waals surface area contributed by atoms with Gasteiger partial charge in [-0.15, -0.1) is 11.3 Å². The molecular formula is C16H16F2N2O2S. The van der Waals surface area contributed by atoms with Gasteiger partial charge in [-0.1, -0.05) is 12.1 Å². The molecule has 2 aromatic rings. The molecule has 2 amide bonds. The number of halogens is 2. The standard InChI is InChI=1S/C16H16F2N2O2S/c1-2-20(15(22)9-11-5-4-8-23-11)10-14(21)19-16-12(17)6-3-7-13(16)18/h3-8H,2,9-10H2,1H3,(H,19,21). The van der Waals surface area contributed by atoms with Crippen LogP contribution in [0.1, 0.15) is 11.8 Å². The molecule has 1 N–H and O–H groups in total. The fourth-order valence-electron chi connectivity index (χ4n) is 2.02. The van der Waals surface area contributed by atoms with Gasteiger partial charge in [0, 0.05) is 11.4 Å². The van der Waals surface area contributed by atoms with Gasteiger partial charge in [0.1, 0.15) is 17.3 Å². The predicted octanol–water partition coefficient (Wildman–Crippen LogP) is 3.06. The van der Waals surface area contributed by atoms with E-state index in [-0.39, 0.29) is 18.9 Å². The van der Waals surface area contributed by atoms with Crippen molar-refractivity contribution in [2.24, 2.45) is 0 Å². The van der Waals surface area contributed by atoms with Gasteiger partial charge in [0.15, 0.2) is 0 Å². The lowest BCUT2D eigenvalue weighted by molar-refractivity contribution is -0.133. The smallest absolute Gasteiger partial charge is 0.244 e. The van der Waals surface area contributed by atoms with Crippen molar-refractivity contribution in [2.75, 3.05) is 18.4 Å². The molecule has 0 aliphatic rings. The molecule has 0 saturated heterocycles. The summed E-state index contributed by atoms with van der Waals surface area (Å²) in [7, 11) is 0. The number of hydrogen-bond donors (Lipinski definition) is 1. The lowest BCUT2D eigenvalue weighted by atomic mass is 10.2. The summed E-state index contributed by atoms with van der Waals surface area (Å²) in [4.78, 5) is 26.4. The maximum atomic E-state index is 13.5. The molecule has 1 heterocycles. The topological polar surface area (TPSA) is 49.4 Å². The van der Waals surface area contributed by atoms with Crippen LogP contribution in [-0.4, -0.2) is 29.8 Å². The van der Waals surface area contributed by atoms with Crippen molar-refractivity contribution in [3.63, 3.8) is 0 Å². The van der Waals surface area contributed by atoms with E-state index in [1.165, 1.54) is 22.3 Å². The van der Waals surface area contributed by atoms with E-state index in [9.17, 15) is 18.4 Å². The van der Waals surface area contributed by atoms with Crippen molar-refractivity contribution in [2.45, 2.75) is 13.3 Å². The minimum atomic E-state index is -0.855. The normalized spacial score (nSPS) is 10.4. The van der Waals surface area contributed by atoms with E-state index < -0.39 is 23.2 Å². The summed E-state index contributed by atoms with van der Waals surface area (Å²) in [6, 6.07) is 7.00. The van der Waals surface area contributed by atoms with Crippen LogP contribution < -0.4 is 5.32 Å². The first kappa shape index (κ1) is 17.1. The molecule has 7 heteroatoms. The third-order valence-corrected chi connectivity index (χ3v) is 4.08. The van der Waals surface area contributed by atoms with E-state index in [0.717, 1.165) is 17.0 Å². The molecule has 4 nitrogen and oxygen atoms in total. The van der Waals surface area contributed by atoms with E-state index in [4.69, 9.17) is 0 Å². The van der Waals surface area contributed by atoms with Crippen LogP contribution in [-0.2, 0) is 16.0 Å². The lowest BCUT2D eigenvalue weighted by Crippen LogP contribution is -2.38. The highest BCUT2D eigenvalue weighted by atomic mass is 32.1. The number of nitrogens with one attached hydrogen (secondary N) is 1. The summed E-state index contributed by atoms with van der Waals surface area (Å²) >= 11 is 1.46. The van der Waals surface area contributed by atoms with Gasteiger partial charge in [-0.3, -0.25) is 9.59 Å². The molecule has 0 bridgehead atoms. The maximum absolute atomic E-state index is 13.5. The molecule has 0 radical (unpaired) electrons. The molecule has 0 fully saturated rings. The Kier molecular flexibility index (Phi) is 5.81. The molecule has 1 aromatic carbocycles. The Morgan fingerprint density at radius 2 is 1.87 bits per heavy atom. The molecule has 0 aliphatic carbocycles. The summed E-state index contributed by atoms with van der Waals surface area (Å²) in [5.41, 5.74) is -0.501. The first-order valence-corrected chi connectivity index (χ1v) is 7.93. The van der Waals surface area contributed by atoms with Crippen molar-refractivity contribution in [3.05, 3.63) is 52.2 Å². The molecule has 122 valence electrons. The number of carbonyl (C=O) groups is 2. The van der Waals surface area contributed by atoms with Crippen molar-refractivity contribution in [1.82, 2.24) is 4.90 Å². The summed E-state index contributed by atoms with van der Waals surface area (Å²) in [5.74, 6) is -2.56. The predicted molar refractivity (Wildman–Crippen MR) is 85.3 cm³/mol. The fraction of sp³-hybridized carbons (Fsp3) is 0.250. The number of para-hydroxylation sites is 1. The molecular weight excluding hydrogens is 322 g/mol. The van der Waals surface area contributed by atoms with Gasteiger partial charge in [-0.05, 0) is 30.5 Å². The van der Waals surface area contributed by atoms with Crippen LogP contribution in [0.5, 0.6) is 0 Å². The second kappa shape index (κ2) is 7.82. The Balaban J connectivity index is 1.98. The largest absolute Gasteiger partial charge is 0.333 e. The van der Waals surface area contributed by atoms with Crippen LogP contribution >= 0.6 is 11.3 Å². The number of hydrogen-bond acceptors (Lipinski definition) is 3. The van der Waals surface area contributed by atoms with Gasteiger partial charge in [0.25, 0.3) is 0 Å². The van der Waals surface area contributed by atoms with Crippen molar-refractivity contribution >= 4 is 28.8 Å². The van der Waals surface area contributed by atoms with Crippen LogP contribution in [0.2, 0.25) is 0 Å². The highest BCUT2D eigenvalue weighted by Crippen LogP contribution is 2.18. The zero-order valence-electron chi connectivity index (χ0n) is 12.5. The van der Waals surface area contributed by atoms with Crippen LogP contribution in [0.3, 0.4) is 0 Å². The molecule has 0 saturated carbocycles. The Labute approximate surface area is 136 Å².